The van der Waals surface area contributed by atoms with Crippen molar-refractivity contribution in [2.24, 2.45) is 5.92 Å². The number of esters is 1. The predicted molar refractivity (Wildman–Crippen MR) is 206 cm³/mol. The molecule has 1 heterocycles. The lowest BCUT2D eigenvalue weighted by atomic mass is 9.89. The Labute approximate surface area is 336 Å². The van der Waals surface area contributed by atoms with E-state index in [2.05, 4.69) is 36.2 Å². The van der Waals surface area contributed by atoms with Crippen LogP contribution in [0.2, 0.25) is 5.02 Å². The summed E-state index contributed by atoms with van der Waals surface area (Å²) in [7, 11) is 2.73. The molecule has 4 aromatic rings. The Morgan fingerprint density at radius 1 is 0.897 bits per heavy atom. The zero-order valence-corrected chi connectivity index (χ0v) is 32.3. The van der Waals surface area contributed by atoms with Crippen molar-refractivity contribution >= 4 is 52.8 Å². The first kappa shape index (κ1) is 41.7. The molecule has 0 radical (unpaired) electrons. The molecule has 1 aromatic heterocycles. The third kappa shape index (κ3) is 11.3. The van der Waals surface area contributed by atoms with Gasteiger partial charge in [0.25, 0.3) is 11.8 Å². The van der Waals surface area contributed by atoms with Crippen LogP contribution in [0.15, 0.2) is 72.8 Å². The minimum Gasteiger partial charge on any atom is -0.497 e. The highest BCUT2D eigenvalue weighted by atomic mass is 35.5. The minimum atomic E-state index is -4.64. The fourth-order valence-corrected chi connectivity index (χ4v) is 6.49. The summed E-state index contributed by atoms with van der Waals surface area (Å²) in [5, 5.41) is 11.8. The van der Waals surface area contributed by atoms with Crippen LogP contribution in [0.1, 0.15) is 65.9 Å². The molecule has 4 N–H and O–H groups in total. The molecule has 2 atom stereocenters. The van der Waals surface area contributed by atoms with E-state index in [1.54, 1.807) is 19.2 Å². The Morgan fingerprint density at radius 3 is 2.17 bits per heavy atom. The van der Waals surface area contributed by atoms with Gasteiger partial charge in [0.15, 0.2) is 6.61 Å². The van der Waals surface area contributed by atoms with E-state index in [1.807, 2.05) is 36.4 Å². The average molecular weight is 824 g/mol. The number of rotatable bonds is 19. The fraction of sp³-hybridized carbons (Fsp3) is 0.375. The molecule has 0 aliphatic heterocycles. The van der Waals surface area contributed by atoms with E-state index in [0.717, 1.165) is 31.1 Å². The lowest BCUT2D eigenvalue weighted by molar-refractivity contribution is -0.154. The molecular formula is C40H41ClF3N7O7. The molecule has 1 unspecified atom stereocenters. The lowest BCUT2D eigenvalue weighted by Crippen LogP contribution is -2.44. The molecule has 6 rings (SSSR count). The summed E-state index contributed by atoms with van der Waals surface area (Å²) >= 11 is 6.04. The van der Waals surface area contributed by atoms with Crippen molar-refractivity contribution in [1.29, 1.82) is 0 Å². The zero-order valence-electron chi connectivity index (χ0n) is 31.5. The van der Waals surface area contributed by atoms with Crippen LogP contribution in [-0.2, 0) is 24.7 Å². The maximum atomic E-state index is 13.2. The zero-order chi connectivity index (χ0) is 41.5. The quantitative estimate of drug-likeness (QED) is 0.0617. The third-order valence-electron chi connectivity index (χ3n) is 9.78. The number of nitrogens with zero attached hydrogens (tertiary/aromatic N) is 3. The van der Waals surface area contributed by atoms with Gasteiger partial charge < -0.3 is 35.5 Å². The van der Waals surface area contributed by atoms with E-state index < -0.39 is 53.9 Å². The number of Topliss-reactive ketones (excluding diaryl/α,β-unsaturated/α-hetero) is 1. The normalized spacial score (nSPS) is 15.3. The molecule has 58 heavy (non-hydrogen) atoms. The van der Waals surface area contributed by atoms with E-state index in [1.165, 1.54) is 24.3 Å². The fourth-order valence-electron chi connectivity index (χ4n) is 6.37. The molecule has 2 aliphatic rings. The van der Waals surface area contributed by atoms with Gasteiger partial charge in [0.2, 0.25) is 17.7 Å². The number of hydrogen-bond donors (Lipinski definition) is 4. The molecule has 2 fully saturated rings. The van der Waals surface area contributed by atoms with Gasteiger partial charge in [0, 0.05) is 29.2 Å². The number of halogens is 4. The Morgan fingerprint density at radius 2 is 1.57 bits per heavy atom. The summed E-state index contributed by atoms with van der Waals surface area (Å²) in [6.45, 7) is -1.71. The summed E-state index contributed by atoms with van der Waals surface area (Å²) in [6, 6.07) is 18.7. The van der Waals surface area contributed by atoms with E-state index in [4.69, 9.17) is 25.8 Å². The van der Waals surface area contributed by atoms with Gasteiger partial charge in [-0.25, -0.2) is 4.79 Å². The highest BCUT2D eigenvalue weighted by Gasteiger charge is 2.45. The molecule has 306 valence electrons. The summed E-state index contributed by atoms with van der Waals surface area (Å²) in [5.74, 6) is -2.02. The highest BCUT2D eigenvalue weighted by molar-refractivity contribution is 6.36. The Kier molecular flexibility index (Phi) is 13.0. The van der Waals surface area contributed by atoms with Crippen molar-refractivity contribution in [2.45, 2.75) is 62.2 Å². The molecule has 0 spiro atoms. The van der Waals surface area contributed by atoms with Crippen molar-refractivity contribution in [1.82, 2.24) is 25.6 Å². The van der Waals surface area contributed by atoms with Crippen LogP contribution < -0.4 is 30.7 Å². The van der Waals surface area contributed by atoms with E-state index in [-0.39, 0.29) is 42.8 Å². The minimum absolute atomic E-state index is 0.0245. The number of amides is 2. The number of anilines is 3. The number of ether oxygens (including phenoxy) is 3. The van der Waals surface area contributed by atoms with Gasteiger partial charge in [-0.15, -0.1) is 0 Å². The summed E-state index contributed by atoms with van der Waals surface area (Å²) < 4.78 is 53.9. The van der Waals surface area contributed by atoms with Crippen molar-refractivity contribution < 1.29 is 46.6 Å². The van der Waals surface area contributed by atoms with Crippen molar-refractivity contribution in [3.63, 3.8) is 0 Å². The maximum absolute atomic E-state index is 13.2. The van der Waals surface area contributed by atoms with Crippen molar-refractivity contribution in [3.05, 3.63) is 94.5 Å². The molecule has 0 bridgehead atoms. The van der Waals surface area contributed by atoms with Crippen LogP contribution in [0.5, 0.6) is 11.8 Å². The van der Waals surface area contributed by atoms with Crippen molar-refractivity contribution in [3.8, 4) is 11.8 Å². The molecule has 2 aliphatic carbocycles. The highest BCUT2D eigenvalue weighted by Crippen LogP contribution is 2.48. The number of hydrogen-bond acceptors (Lipinski definition) is 12. The molecule has 2 amide bonds. The van der Waals surface area contributed by atoms with Gasteiger partial charge in [0.1, 0.15) is 11.8 Å². The monoisotopic (exact) mass is 823 g/mol. The Hall–Kier alpha value is -5.97. The molecule has 0 saturated heterocycles. The lowest BCUT2D eigenvalue weighted by Gasteiger charge is -2.19. The molecule has 3 aromatic carbocycles. The standard InChI is InChI=1S/C40H41ClF3N7O7/c1-56-29-15-7-24(8-16-29)30(23-3-4-23)21-32(52)34(54)45-20-17-31(35(55)57-2)47-33(53)25-5-13-28(14-6-25)46-36-48-37(50-38(49-36)58-22-40(42,43)44)51-39(18-19-39)26-9-11-27(41)12-10-26/h5-16,23,30-31H,3-4,17-22H2,1-2H3,(H,45,54)(H,47,53)(H2,46,48,49,50,51)/t30?,31-/m0/s1. The van der Waals surface area contributed by atoms with E-state index >= 15 is 0 Å². The topological polar surface area (TPSA) is 183 Å². The number of methoxy groups -OCH3 is 2. The van der Waals surface area contributed by atoms with Gasteiger partial charge >= 0.3 is 18.2 Å². The summed E-state index contributed by atoms with van der Waals surface area (Å²) in [5.41, 5.74) is 1.81. The molecular weight excluding hydrogens is 783 g/mol. The largest absolute Gasteiger partial charge is 0.497 e. The second-order valence-corrected chi connectivity index (χ2v) is 14.5. The van der Waals surface area contributed by atoms with Gasteiger partial charge in [-0.3, -0.25) is 14.4 Å². The number of nitrogens with one attached hydrogen (secondary N) is 4. The number of ketones is 1. The Balaban J connectivity index is 1.05. The Bertz CT molecular complexity index is 2100. The molecule has 2 saturated carbocycles. The van der Waals surface area contributed by atoms with E-state index in [9.17, 15) is 32.3 Å². The van der Waals surface area contributed by atoms with Gasteiger partial charge in [-0.2, -0.15) is 28.1 Å². The predicted octanol–water partition coefficient (Wildman–Crippen LogP) is 6.25. The average Bonchev–Trinajstić information content (AvgIpc) is 4.16. The number of alkyl halides is 3. The number of benzene rings is 3. The van der Waals surface area contributed by atoms with Gasteiger partial charge in [0.05, 0.1) is 19.8 Å². The van der Waals surface area contributed by atoms with Crippen molar-refractivity contribution in [2.75, 3.05) is 38.0 Å². The van der Waals surface area contributed by atoms with Crippen LogP contribution >= 0.6 is 11.6 Å². The smallest absolute Gasteiger partial charge is 0.422 e. The molecule has 18 heteroatoms. The SMILES string of the molecule is COC(=O)[C@H](CCNC(=O)C(=O)CC(c1ccc(OC)cc1)C1CC1)NC(=O)c1ccc(Nc2nc(NC3(c4ccc(Cl)cc4)CC3)nc(OCC(F)(F)F)n2)cc1. The van der Waals surface area contributed by atoms with Crippen LogP contribution in [-0.4, -0.2) is 78.1 Å². The number of aromatic nitrogens is 3. The van der Waals surface area contributed by atoms with Gasteiger partial charge in [-0.1, -0.05) is 35.9 Å². The first-order chi connectivity index (χ1) is 27.7. The summed E-state index contributed by atoms with van der Waals surface area (Å²) in [6.07, 6.45) is -1.29. The van der Waals surface area contributed by atoms with Crippen LogP contribution in [0.4, 0.5) is 30.8 Å². The first-order valence-corrected chi connectivity index (χ1v) is 18.8. The number of carbonyl (C=O) groups excluding carboxylic acids is 4. The first-order valence-electron chi connectivity index (χ1n) is 18.4. The van der Waals surface area contributed by atoms with Crippen LogP contribution in [0.25, 0.3) is 0 Å². The summed E-state index contributed by atoms with van der Waals surface area (Å²) in [4.78, 5) is 63.8. The third-order valence-corrected chi connectivity index (χ3v) is 10.0. The van der Waals surface area contributed by atoms with E-state index in [0.29, 0.717) is 35.2 Å². The molecule has 14 nitrogen and oxygen atoms in total. The second-order valence-electron chi connectivity index (χ2n) is 14.0. The maximum Gasteiger partial charge on any atom is 0.422 e. The number of carbonyl (C=O) groups is 4. The van der Waals surface area contributed by atoms with Crippen LogP contribution in [0, 0.1) is 5.92 Å². The van der Waals surface area contributed by atoms with Crippen LogP contribution in [0.3, 0.4) is 0 Å². The van der Waals surface area contributed by atoms with Gasteiger partial charge in [-0.05, 0) is 104 Å². The second kappa shape index (κ2) is 18.1.